The summed E-state index contributed by atoms with van der Waals surface area (Å²) in [6.45, 7) is 0.0588. The Morgan fingerprint density at radius 2 is 1.66 bits per heavy atom. The Hall–Kier alpha value is -3.61. The summed E-state index contributed by atoms with van der Waals surface area (Å²) in [6, 6.07) is 17.4. The first-order valence-electron chi connectivity index (χ1n) is 8.69. The molecule has 0 atom stereocenters. The summed E-state index contributed by atoms with van der Waals surface area (Å²) in [4.78, 5) is 15.4. The molecule has 0 N–H and O–H groups in total. The Labute approximate surface area is 163 Å². The molecule has 2 heterocycles. The number of fused-ring (bicyclic) bond motifs is 1. The van der Waals surface area contributed by atoms with Crippen LogP contribution in [0, 0.1) is 0 Å². The van der Waals surface area contributed by atoms with Crippen molar-refractivity contribution < 1.29 is 27.1 Å². The number of alkyl halides is 3. The van der Waals surface area contributed by atoms with Crippen LogP contribution in [0.25, 0.3) is 22.1 Å². The maximum atomic E-state index is 13.6. The molecule has 0 amide bonds. The second-order valence-corrected chi connectivity index (χ2v) is 6.28. The van der Waals surface area contributed by atoms with Gasteiger partial charge in [0, 0.05) is 11.8 Å². The van der Waals surface area contributed by atoms with Crippen LogP contribution >= 0.6 is 0 Å². The number of aromatic nitrogens is 1. The lowest BCUT2D eigenvalue weighted by Crippen LogP contribution is -2.04. The summed E-state index contributed by atoms with van der Waals surface area (Å²) in [5.41, 5.74) is 1.13. The molecule has 0 saturated heterocycles. The van der Waals surface area contributed by atoms with Gasteiger partial charge in [-0.05, 0) is 5.56 Å². The fourth-order valence-corrected chi connectivity index (χ4v) is 3.08. The van der Waals surface area contributed by atoms with E-state index in [9.17, 15) is 18.0 Å². The molecule has 0 bridgehead atoms. The maximum Gasteiger partial charge on any atom is 0.450 e. The topological polar surface area (TPSA) is 52.3 Å². The van der Waals surface area contributed by atoms with Crippen LogP contribution in [0.4, 0.5) is 13.2 Å². The number of hydrogen-bond acceptors (Lipinski definition) is 4. The van der Waals surface area contributed by atoms with Crippen molar-refractivity contribution in [1.82, 2.24) is 4.98 Å². The van der Waals surface area contributed by atoms with Gasteiger partial charge in [-0.25, -0.2) is 4.98 Å². The van der Waals surface area contributed by atoms with Gasteiger partial charge in [-0.15, -0.1) is 0 Å². The van der Waals surface area contributed by atoms with Gasteiger partial charge in [-0.2, -0.15) is 13.2 Å². The Bertz CT molecular complexity index is 1150. The lowest BCUT2D eigenvalue weighted by Gasteiger charge is -2.10. The van der Waals surface area contributed by atoms with E-state index >= 15 is 0 Å². The summed E-state index contributed by atoms with van der Waals surface area (Å²) in [5, 5.41) is -0.193. The van der Waals surface area contributed by atoms with Crippen LogP contribution in [-0.2, 0) is 12.8 Å². The van der Waals surface area contributed by atoms with E-state index in [1.54, 1.807) is 30.3 Å². The predicted octanol–water partition coefficient (Wildman–Crippen LogP) is 5.91. The van der Waals surface area contributed by atoms with Gasteiger partial charge < -0.3 is 9.15 Å². The first-order valence-corrected chi connectivity index (χ1v) is 8.69. The van der Waals surface area contributed by atoms with E-state index in [1.165, 1.54) is 0 Å². The second-order valence-electron chi connectivity index (χ2n) is 6.28. The number of aldehydes is 1. The molecule has 0 radical (unpaired) electrons. The third-order valence-corrected chi connectivity index (χ3v) is 4.37. The molecule has 29 heavy (non-hydrogen) atoms. The van der Waals surface area contributed by atoms with Crippen LogP contribution in [0.15, 0.2) is 71.3 Å². The molecular weight excluding hydrogens is 383 g/mol. The molecule has 4 aromatic rings. The molecule has 0 aliphatic carbocycles. The van der Waals surface area contributed by atoms with Crippen LogP contribution in [0.5, 0.6) is 5.75 Å². The third kappa shape index (κ3) is 3.59. The van der Waals surface area contributed by atoms with Crippen molar-refractivity contribution in [2.45, 2.75) is 12.8 Å². The van der Waals surface area contributed by atoms with E-state index in [0.29, 0.717) is 11.8 Å². The normalized spacial score (nSPS) is 11.6. The number of nitrogens with zero attached hydrogens (tertiary/aromatic N) is 1. The number of pyridine rings is 1. The highest BCUT2D eigenvalue weighted by atomic mass is 19.4. The van der Waals surface area contributed by atoms with Crippen LogP contribution in [0.3, 0.4) is 0 Å². The van der Waals surface area contributed by atoms with Gasteiger partial charge in [0.25, 0.3) is 0 Å². The van der Waals surface area contributed by atoms with Crippen molar-refractivity contribution in [2.75, 3.05) is 0 Å². The van der Waals surface area contributed by atoms with Gasteiger partial charge in [0.05, 0.1) is 10.8 Å². The predicted molar refractivity (Wildman–Crippen MR) is 101 cm³/mol. The SMILES string of the molecule is O=Cc1ncc2c(C(F)(F)F)oc(-c3ccccc3)c2c1OCc1ccccc1. The van der Waals surface area contributed by atoms with Gasteiger partial charge in [0.1, 0.15) is 18.1 Å². The zero-order chi connectivity index (χ0) is 20.4. The Balaban J connectivity index is 1.95. The highest BCUT2D eigenvalue weighted by molar-refractivity contribution is 6.03. The molecule has 0 aliphatic heterocycles. The van der Waals surface area contributed by atoms with Gasteiger partial charge in [-0.3, -0.25) is 4.79 Å². The summed E-state index contributed by atoms with van der Waals surface area (Å²) < 4.78 is 51.8. The van der Waals surface area contributed by atoms with E-state index < -0.39 is 11.9 Å². The average Bonchev–Trinajstić information content (AvgIpc) is 3.14. The number of rotatable bonds is 5. The highest BCUT2D eigenvalue weighted by Crippen LogP contribution is 2.45. The first kappa shape index (κ1) is 18.7. The zero-order valence-electron chi connectivity index (χ0n) is 14.9. The molecule has 0 spiro atoms. The number of furan rings is 1. The van der Waals surface area contributed by atoms with Crippen LogP contribution in [0.2, 0.25) is 0 Å². The molecule has 0 fully saturated rings. The Morgan fingerprint density at radius 1 is 1.00 bits per heavy atom. The minimum atomic E-state index is -4.73. The molecule has 0 aliphatic rings. The quantitative estimate of drug-likeness (QED) is 0.393. The number of hydrogen-bond donors (Lipinski definition) is 0. The summed E-state index contributed by atoms with van der Waals surface area (Å²) in [6.07, 6.45) is -3.28. The molecule has 4 rings (SSSR count). The maximum absolute atomic E-state index is 13.6. The van der Waals surface area contributed by atoms with Gasteiger partial charge in [0.2, 0.25) is 5.76 Å². The van der Waals surface area contributed by atoms with Crippen molar-refractivity contribution in [3.63, 3.8) is 0 Å². The number of ether oxygens (including phenoxy) is 1. The summed E-state index contributed by atoms with van der Waals surface area (Å²) in [5.74, 6) is -1.25. The third-order valence-electron chi connectivity index (χ3n) is 4.37. The minimum absolute atomic E-state index is 0.0264. The van der Waals surface area contributed by atoms with Crippen molar-refractivity contribution in [3.05, 3.63) is 83.9 Å². The smallest absolute Gasteiger partial charge is 0.450 e. The van der Waals surface area contributed by atoms with E-state index in [-0.39, 0.29) is 34.6 Å². The lowest BCUT2D eigenvalue weighted by molar-refractivity contribution is -0.151. The Kier molecular flexibility index (Phi) is 4.80. The van der Waals surface area contributed by atoms with Gasteiger partial charge in [-0.1, -0.05) is 60.7 Å². The fraction of sp³-hybridized carbons (Fsp3) is 0.0909. The number of carbonyl (C=O) groups is 1. The van der Waals surface area contributed by atoms with Crippen LogP contribution in [0.1, 0.15) is 21.8 Å². The van der Waals surface area contributed by atoms with E-state index in [4.69, 9.17) is 9.15 Å². The van der Waals surface area contributed by atoms with Crippen molar-refractivity contribution >= 4 is 17.1 Å². The van der Waals surface area contributed by atoms with Crippen LogP contribution in [-0.4, -0.2) is 11.3 Å². The number of halogens is 3. The minimum Gasteiger partial charge on any atom is -0.486 e. The average molecular weight is 397 g/mol. The molecule has 0 saturated carbocycles. The largest absolute Gasteiger partial charge is 0.486 e. The zero-order valence-corrected chi connectivity index (χ0v) is 14.9. The molecule has 0 unspecified atom stereocenters. The standard InChI is InChI=1S/C22H14F3NO3/c23-22(24,25)21-16-11-26-17(12-27)20(28-13-14-7-3-1-4-8-14)18(16)19(29-21)15-9-5-2-6-10-15/h1-12H,13H2. The lowest BCUT2D eigenvalue weighted by atomic mass is 10.1. The first-order chi connectivity index (χ1) is 14.0. The molecule has 2 aromatic heterocycles. The summed E-state index contributed by atoms with van der Waals surface area (Å²) >= 11 is 0. The molecular formula is C22H14F3NO3. The molecule has 4 nitrogen and oxygen atoms in total. The van der Waals surface area contributed by atoms with Crippen molar-refractivity contribution in [1.29, 1.82) is 0 Å². The van der Waals surface area contributed by atoms with Gasteiger partial charge in [0.15, 0.2) is 12.0 Å². The summed E-state index contributed by atoms with van der Waals surface area (Å²) in [7, 11) is 0. The van der Waals surface area contributed by atoms with E-state index in [1.807, 2.05) is 30.3 Å². The second kappa shape index (κ2) is 7.43. The fourth-order valence-electron chi connectivity index (χ4n) is 3.08. The van der Waals surface area contributed by atoms with Crippen molar-refractivity contribution in [3.8, 4) is 17.1 Å². The number of benzene rings is 2. The van der Waals surface area contributed by atoms with E-state index in [0.717, 1.165) is 11.8 Å². The van der Waals surface area contributed by atoms with E-state index in [2.05, 4.69) is 4.98 Å². The number of carbonyl (C=O) groups excluding carboxylic acids is 1. The Morgan fingerprint density at radius 3 is 2.28 bits per heavy atom. The van der Waals surface area contributed by atoms with Crippen LogP contribution < -0.4 is 4.74 Å². The van der Waals surface area contributed by atoms with Gasteiger partial charge >= 0.3 is 6.18 Å². The molecule has 146 valence electrons. The highest BCUT2D eigenvalue weighted by Gasteiger charge is 2.39. The van der Waals surface area contributed by atoms with Crippen molar-refractivity contribution in [2.24, 2.45) is 0 Å². The monoisotopic (exact) mass is 397 g/mol. The molecule has 2 aromatic carbocycles. The molecule has 7 heteroatoms.